The number of nitrogens with two attached hydrogens (primary N) is 1. The maximum Gasteiger partial charge on any atom is 0.329 e. The number of carbonyl (C=O) groups is 1. The first-order chi connectivity index (χ1) is 9.06. The average Bonchev–Trinajstić information content (AvgIpc) is 2.87. The van der Waals surface area contributed by atoms with E-state index in [4.69, 9.17) is 5.73 Å². The van der Waals surface area contributed by atoms with Gasteiger partial charge in [-0.15, -0.1) is 0 Å². The van der Waals surface area contributed by atoms with Crippen LogP contribution in [0, 0.1) is 5.92 Å². The van der Waals surface area contributed by atoms with E-state index in [2.05, 4.69) is 11.8 Å². The first kappa shape index (κ1) is 14.0. The van der Waals surface area contributed by atoms with Gasteiger partial charge < -0.3 is 15.7 Å². The van der Waals surface area contributed by atoms with Crippen molar-refractivity contribution >= 4 is 5.97 Å². The van der Waals surface area contributed by atoms with Crippen LogP contribution in [0.4, 0.5) is 0 Å². The fourth-order valence-corrected chi connectivity index (χ4v) is 2.76. The van der Waals surface area contributed by atoms with E-state index in [1.165, 1.54) is 0 Å². The number of aliphatic carboxylic acids is 1. The standard InChI is InChI=1S/C15H22N2O2/c1-2-12-8-9-17(10-12)11-15(16,14(18)19)13-6-4-3-5-7-13/h3-7,12H,2,8-11,16H2,1H3,(H,18,19). The summed E-state index contributed by atoms with van der Waals surface area (Å²) in [6, 6.07) is 9.12. The Bertz CT molecular complexity index is 435. The molecule has 0 amide bonds. The van der Waals surface area contributed by atoms with Gasteiger partial charge in [-0.3, -0.25) is 0 Å². The summed E-state index contributed by atoms with van der Waals surface area (Å²) in [5.74, 6) is -0.285. The van der Waals surface area contributed by atoms with Gasteiger partial charge in [-0.05, 0) is 24.4 Å². The minimum absolute atomic E-state index is 0.378. The number of carboxylic acids is 1. The Hall–Kier alpha value is -1.39. The summed E-state index contributed by atoms with van der Waals surface area (Å²) >= 11 is 0. The van der Waals surface area contributed by atoms with Crippen LogP contribution in [0.15, 0.2) is 30.3 Å². The lowest BCUT2D eigenvalue weighted by atomic mass is 9.90. The highest BCUT2D eigenvalue weighted by atomic mass is 16.4. The fourth-order valence-electron chi connectivity index (χ4n) is 2.76. The molecule has 1 aliphatic rings. The summed E-state index contributed by atoms with van der Waals surface area (Å²) in [4.78, 5) is 13.8. The molecule has 2 unspecified atom stereocenters. The zero-order valence-electron chi connectivity index (χ0n) is 11.4. The molecule has 1 aromatic rings. The maximum absolute atomic E-state index is 11.6. The van der Waals surface area contributed by atoms with Crippen molar-refractivity contribution in [2.75, 3.05) is 19.6 Å². The molecule has 0 spiro atoms. The molecular formula is C15H22N2O2. The molecule has 1 heterocycles. The monoisotopic (exact) mass is 262 g/mol. The third-order valence-electron chi connectivity index (χ3n) is 4.09. The van der Waals surface area contributed by atoms with Crippen LogP contribution < -0.4 is 5.73 Å². The number of carboxylic acid groups (broad SMARTS) is 1. The van der Waals surface area contributed by atoms with Crippen LogP contribution in [0.1, 0.15) is 25.3 Å². The average molecular weight is 262 g/mol. The predicted molar refractivity (Wildman–Crippen MR) is 74.8 cm³/mol. The molecule has 4 heteroatoms. The number of rotatable bonds is 5. The van der Waals surface area contributed by atoms with E-state index >= 15 is 0 Å². The van der Waals surface area contributed by atoms with Gasteiger partial charge >= 0.3 is 5.97 Å². The molecule has 1 fully saturated rings. The Morgan fingerprint density at radius 1 is 1.47 bits per heavy atom. The summed E-state index contributed by atoms with van der Waals surface area (Å²) in [5.41, 5.74) is 5.54. The van der Waals surface area contributed by atoms with Gasteiger partial charge in [-0.2, -0.15) is 0 Å². The van der Waals surface area contributed by atoms with Crippen LogP contribution in [-0.4, -0.2) is 35.6 Å². The maximum atomic E-state index is 11.6. The second-order valence-corrected chi connectivity index (χ2v) is 5.44. The van der Waals surface area contributed by atoms with Crippen LogP contribution in [-0.2, 0) is 10.3 Å². The normalized spacial score (nSPS) is 23.2. The van der Waals surface area contributed by atoms with Gasteiger partial charge in [-0.25, -0.2) is 4.79 Å². The van der Waals surface area contributed by atoms with Gasteiger partial charge in [0.25, 0.3) is 0 Å². The van der Waals surface area contributed by atoms with Gasteiger partial charge in [0.15, 0.2) is 5.54 Å². The van der Waals surface area contributed by atoms with E-state index in [0.717, 1.165) is 25.9 Å². The zero-order valence-corrected chi connectivity index (χ0v) is 11.4. The second-order valence-electron chi connectivity index (χ2n) is 5.44. The molecule has 0 saturated carbocycles. The summed E-state index contributed by atoms with van der Waals surface area (Å²) in [6.45, 7) is 4.45. The Morgan fingerprint density at radius 2 is 2.16 bits per heavy atom. The lowest BCUT2D eigenvalue weighted by Crippen LogP contribution is -2.53. The van der Waals surface area contributed by atoms with Gasteiger partial charge in [0.05, 0.1) is 0 Å². The molecule has 0 aromatic heterocycles. The molecule has 2 atom stereocenters. The van der Waals surface area contributed by atoms with Gasteiger partial charge in [-0.1, -0.05) is 43.7 Å². The molecular weight excluding hydrogens is 240 g/mol. The highest BCUT2D eigenvalue weighted by molar-refractivity contribution is 5.80. The van der Waals surface area contributed by atoms with E-state index in [1.807, 2.05) is 18.2 Å². The molecule has 1 saturated heterocycles. The molecule has 1 aromatic carbocycles. The van der Waals surface area contributed by atoms with Crippen LogP contribution in [0.25, 0.3) is 0 Å². The van der Waals surface area contributed by atoms with Crippen molar-refractivity contribution in [2.24, 2.45) is 11.7 Å². The zero-order chi connectivity index (χ0) is 13.9. The first-order valence-corrected chi connectivity index (χ1v) is 6.86. The van der Waals surface area contributed by atoms with Crippen molar-refractivity contribution in [2.45, 2.75) is 25.3 Å². The Kier molecular flexibility index (Phi) is 4.22. The predicted octanol–water partition coefficient (Wildman–Crippen LogP) is 1.66. The van der Waals surface area contributed by atoms with Gasteiger partial charge in [0.1, 0.15) is 0 Å². The fraction of sp³-hybridized carbons (Fsp3) is 0.533. The third-order valence-corrected chi connectivity index (χ3v) is 4.09. The van der Waals surface area contributed by atoms with Gasteiger partial charge in [0, 0.05) is 13.1 Å². The van der Waals surface area contributed by atoms with Crippen LogP contribution >= 0.6 is 0 Å². The summed E-state index contributed by atoms with van der Waals surface area (Å²) < 4.78 is 0. The summed E-state index contributed by atoms with van der Waals surface area (Å²) in [5, 5.41) is 9.52. The molecule has 1 aliphatic heterocycles. The van der Waals surface area contributed by atoms with Crippen molar-refractivity contribution in [3.8, 4) is 0 Å². The van der Waals surface area contributed by atoms with E-state index in [1.54, 1.807) is 12.1 Å². The smallest absolute Gasteiger partial charge is 0.329 e. The van der Waals surface area contributed by atoms with Crippen LogP contribution in [0.2, 0.25) is 0 Å². The summed E-state index contributed by atoms with van der Waals surface area (Å²) in [7, 11) is 0. The minimum Gasteiger partial charge on any atom is -0.480 e. The highest BCUT2D eigenvalue weighted by Crippen LogP contribution is 2.25. The molecule has 2 rings (SSSR count). The number of nitrogens with zero attached hydrogens (tertiary/aromatic N) is 1. The molecule has 3 N–H and O–H groups in total. The third kappa shape index (κ3) is 2.96. The molecule has 0 aliphatic carbocycles. The van der Waals surface area contributed by atoms with E-state index < -0.39 is 11.5 Å². The van der Waals surface area contributed by atoms with Crippen molar-refractivity contribution in [3.63, 3.8) is 0 Å². The molecule has 0 bridgehead atoms. The van der Waals surface area contributed by atoms with E-state index in [0.29, 0.717) is 18.0 Å². The van der Waals surface area contributed by atoms with Crippen molar-refractivity contribution in [3.05, 3.63) is 35.9 Å². The van der Waals surface area contributed by atoms with Crippen LogP contribution in [0.3, 0.4) is 0 Å². The SMILES string of the molecule is CCC1CCN(CC(N)(C(=O)O)c2ccccc2)C1. The number of hydrogen-bond acceptors (Lipinski definition) is 3. The number of hydrogen-bond donors (Lipinski definition) is 2. The largest absolute Gasteiger partial charge is 0.480 e. The van der Waals surface area contributed by atoms with Gasteiger partial charge in [0.2, 0.25) is 0 Å². The van der Waals surface area contributed by atoms with E-state index in [9.17, 15) is 9.90 Å². The lowest BCUT2D eigenvalue weighted by molar-refractivity contribution is -0.144. The van der Waals surface area contributed by atoms with Crippen molar-refractivity contribution < 1.29 is 9.90 Å². The minimum atomic E-state index is -1.32. The lowest BCUT2D eigenvalue weighted by Gasteiger charge is -2.30. The number of likely N-dealkylation sites (tertiary alicyclic amines) is 1. The van der Waals surface area contributed by atoms with E-state index in [-0.39, 0.29) is 0 Å². The first-order valence-electron chi connectivity index (χ1n) is 6.86. The molecule has 19 heavy (non-hydrogen) atoms. The van der Waals surface area contributed by atoms with Crippen molar-refractivity contribution in [1.82, 2.24) is 4.90 Å². The summed E-state index contributed by atoms with van der Waals surface area (Å²) in [6.07, 6.45) is 2.29. The number of benzene rings is 1. The Balaban J connectivity index is 2.15. The highest BCUT2D eigenvalue weighted by Gasteiger charge is 2.39. The quantitative estimate of drug-likeness (QED) is 0.847. The van der Waals surface area contributed by atoms with Crippen LogP contribution in [0.5, 0.6) is 0 Å². The molecule has 0 radical (unpaired) electrons. The second kappa shape index (κ2) is 5.72. The Labute approximate surface area is 114 Å². The van der Waals surface area contributed by atoms with Crippen molar-refractivity contribution in [1.29, 1.82) is 0 Å². The molecule has 104 valence electrons. The molecule has 4 nitrogen and oxygen atoms in total. The Morgan fingerprint density at radius 3 is 2.68 bits per heavy atom. The topological polar surface area (TPSA) is 66.6 Å².